The third-order valence-corrected chi connectivity index (χ3v) is 4.90. The van der Waals surface area contributed by atoms with Gasteiger partial charge >= 0.3 is 0 Å². The van der Waals surface area contributed by atoms with Crippen molar-refractivity contribution in [2.45, 2.75) is 38.0 Å². The second kappa shape index (κ2) is 8.04. The lowest BCUT2D eigenvalue weighted by molar-refractivity contribution is 0.0498. The number of benzene rings is 1. The van der Waals surface area contributed by atoms with Gasteiger partial charge in [0.1, 0.15) is 5.82 Å². The third-order valence-electron chi connectivity index (χ3n) is 4.90. The lowest BCUT2D eigenvalue weighted by Crippen LogP contribution is -2.46. The fraction of sp³-hybridized carbons (Fsp3) is 0.450. The first-order valence-corrected chi connectivity index (χ1v) is 8.87. The monoisotopic (exact) mass is 343 g/mol. The standard InChI is InChI=1S/C20H26FN3O/c1-20(25,16-5-7-17(21)8-6-16)15-23-18-9-12-24(13-10-18)14-19-4-2-3-11-22-19/h2-8,11,18,23,25H,9-10,12-15H2,1H3/t20-/m1/s1. The first-order valence-electron chi connectivity index (χ1n) is 8.87. The minimum atomic E-state index is -1.00. The number of halogens is 1. The Hall–Kier alpha value is -1.82. The average Bonchev–Trinajstić information content (AvgIpc) is 2.62. The van der Waals surface area contributed by atoms with Gasteiger partial charge in [-0.25, -0.2) is 4.39 Å². The Morgan fingerprint density at radius 3 is 2.56 bits per heavy atom. The van der Waals surface area contributed by atoms with Crippen molar-refractivity contribution in [3.63, 3.8) is 0 Å². The summed E-state index contributed by atoms with van der Waals surface area (Å²) in [7, 11) is 0. The van der Waals surface area contributed by atoms with E-state index in [0.717, 1.165) is 43.7 Å². The maximum atomic E-state index is 13.0. The molecule has 5 heteroatoms. The molecule has 25 heavy (non-hydrogen) atoms. The van der Waals surface area contributed by atoms with E-state index in [1.54, 1.807) is 19.1 Å². The van der Waals surface area contributed by atoms with E-state index >= 15 is 0 Å². The SMILES string of the molecule is C[C@@](O)(CNC1CCN(Cc2ccccn2)CC1)c1ccc(F)cc1. The van der Waals surface area contributed by atoms with Crippen LogP contribution in [0.5, 0.6) is 0 Å². The van der Waals surface area contributed by atoms with Crippen molar-refractivity contribution in [3.8, 4) is 0 Å². The van der Waals surface area contributed by atoms with Gasteiger partial charge in [-0.15, -0.1) is 0 Å². The highest BCUT2D eigenvalue weighted by Gasteiger charge is 2.26. The van der Waals surface area contributed by atoms with Gasteiger partial charge in [-0.1, -0.05) is 18.2 Å². The number of nitrogens with one attached hydrogen (secondary N) is 1. The van der Waals surface area contributed by atoms with Crippen LogP contribution < -0.4 is 5.32 Å². The van der Waals surface area contributed by atoms with Crippen LogP contribution in [-0.2, 0) is 12.1 Å². The number of piperidine rings is 1. The zero-order valence-corrected chi connectivity index (χ0v) is 14.7. The van der Waals surface area contributed by atoms with Crippen molar-refractivity contribution < 1.29 is 9.50 Å². The molecule has 0 spiro atoms. The number of aromatic nitrogens is 1. The molecule has 0 aliphatic carbocycles. The van der Waals surface area contributed by atoms with E-state index in [0.29, 0.717) is 12.6 Å². The molecule has 2 heterocycles. The summed E-state index contributed by atoms with van der Waals surface area (Å²) in [6.07, 6.45) is 3.93. The van der Waals surface area contributed by atoms with Gasteiger partial charge in [0, 0.05) is 38.4 Å². The van der Waals surface area contributed by atoms with E-state index in [1.165, 1.54) is 12.1 Å². The average molecular weight is 343 g/mol. The van der Waals surface area contributed by atoms with Gasteiger partial charge in [-0.05, 0) is 49.6 Å². The van der Waals surface area contributed by atoms with E-state index < -0.39 is 5.60 Å². The quantitative estimate of drug-likeness (QED) is 0.847. The zero-order valence-electron chi connectivity index (χ0n) is 14.7. The summed E-state index contributed by atoms with van der Waals surface area (Å²) in [5.74, 6) is -0.284. The minimum absolute atomic E-state index is 0.284. The van der Waals surface area contributed by atoms with Crippen molar-refractivity contribution in [2.24, 2.45) is 0 Å². The van der Waals surface area contributed by atoms with Crippen molar-refractivity contribution in [2.75, 3.05) is 19.6 Å². The van der Waals surface area contributed by atoms with Crippen LogP contribution in [0.3, 0.4) is 0 Å². The van der Waals surface area contributed by atoms with E-state index in [2.05, 4.69) is 21.3 Å². The lowest BCUT2D eigenvalue weighted by atomic mass is 9.95. The molecule has 0 radical (unpaired) electrons. The largest absolute Gasteiger partial charge is 0.384 e. The van der Waals surface area contributed by atoms with Gasteiger partial charge in [0.25, 0.3) is 0 Å². The first-order chi connectivity index (χ1) is 12.0. The molecule has 2 N–H and O–H groups in total. The number of hydrogen-bond acceptors (Lipinski definition) is 4. The van der Waals surface area contributed by atoms with Crippen molar-refractivity contribution in [1.82, 2.24) is 15.2 Å². The molecule has 3 rings (SSSR count). The van der Waals surface area contributed by atoms with Crippen molar-refractivity contribution >= 4 is 0 Å². The van der Waals surface area contributed by atoms with Crippen LogP contribution in [0, 0.1) is 5.82 Å². The normalized spacial score (nSPS) is 18.8. The molecular formula is C20H26FN3O. The van der Waals surface area contributed by atoms with E-state index in [9.17, 15) is 9.50 Å². The van der Waals surface area contributed by atoms with Gasteiger partial charge in [0.2, 0.25) is 0 Å². The fourth-order valence-corrected chi connectivity index (χ4v) is 3.27. The number of nitrogens with zero attached hydrogens (tertiary/aromatic N) is 2. The molecule has 1 aliphatic rings. The maximum Gasteiger partial charge on any atom is 0.123 e. The highest BCUT2D eigenvalue weighted by molar-refractivity contribution is 5.22. The highest BCUT2D eigenvalue weighted by Crippen LogP contribution is 2.21. The summed E-state index contributed by atoms with van der Waals surface area (Å²) in [6.45, 7) is 5.16. The molecule has 1 saturated heterocycles. The molecule has 0 bridgehead atoms. The Kier molecular flexibility index (Phi) is 5.78. The van der Waals surface area contributed by atoms with E-state index in [4.69, 9.17) is 0 Å². The molecule has 1 aromatic heterocycles. The summed E-state index contributed by atoms with van der Waals surface area (Å²) in [5, 5.41) is 14.1. The molecular weight excluding hydrogens is 317 g/mol. The van der Waals surface area contributed by atoms with Crippen LogP contribution in [0.4, 0.5) is 4.39 Å². The maximum absolute atomic E-state index is 13.0. The van der Waals surface area contributed by atoms with Crippen LogP contribution in [-0.4, -0.2) is 40.7 Å². The predicted molar refractivity (Wildman–Crippen MR) is 96.5 cm³/mol. The Labute approximate surface area is 148 Å². The summed E-state index contributed by atoms with van der Waals surface area (Å²) in [6, 6.07) is 12.5. The second-order valence-electron chi connectivity index (χ2n) is 7.03. The van der Waals surface area contributed by atoms with Gasteiger partial charge in [0.05, 0.1) is 11.3 Å². The molecule has 0 unspecified atom stereocenters. The van der Waals surface area contributed by atoms with Crippen LogP contribution in [0.15, 0.2) is 48.7 Å². The Morgan fingerprint density at radius 1 is 1.20 bits per heavy atom. The number of hydrogen-bond donors (Lipinski definition) is 2. The number of rotatable bonds is 6. The molecule has 134 valence electrons. The first kappa shape index (κ1) is 18.0. The van der Waals surface area contributed by atoms with Crippen molar-refractivity contribution in [3.05, 3.63) is 65.7 Å². The lowest BCUT2D eigenvalue weighted by Gasteiger charge is -2.34. The predicted octanol–water partition coefficient (Wildman–Crippen LogP) is 2.68. The molecule has 1 atom stereocenters. The van der Waals surface area contributed by atoms with Crippen LogP contribution >= 0.6 is 0 Å². The summed E-state index contributed by atoms with van der Waals surface area (Å²) in [4.78, 5) is 6.80. The topological polar surface area (TPSA) is 48.4 Å². The van der Waals surface area contributed by atoms with Gasteiger partial charge < -0.3 is 10.4 Å². The Morgan fingerprint density at radius 2 is 1.92 bits per heavy atom. The molecule has 1 fully saturated rings. The Balaban J connectivity index is 1.45. The van der Waals surface area contributed by atoms with E-state index in [-0.39, 0.29) is 5.82 Å². The minimum Gasteiger partial charge on any atom is -0.384 e. The van der Waals surface area contributed by atoms with E-state index in [1.807, 2.05) is 18.3 Å². The summed E-state index contributed by atoms with van der Waals surface area (Å²) >= 11 is 0. The Bertz CT molecular complexity index is 652. The third kappa shape index (κ3) is 5.08. The number of likely N-dealkylation sites (tertiary alicyclic amines) is 1. The molecule has 0 amide bonds. The fourth-order valence-electron chi connectivity index (χ4n) is 3.27. The second-order valence-corrected chi connectivity index (χ2v) is 7.03. The van der Waals surface area contributed by atoms with Crippen LogP contribution in [0.2, 0.25) is 0 Å². The molecule has 0 saturated carbocycles. The van der Waals surface area contributed by atoms with Crippen LogP contribution in [0.25, 0.3) is 0 Å². The summed E-state index contributed by atoms with van der Waals surface area (Å²) in [5.41, 5.74) is 0.834. The number of aliphatic hydroxyl groups is 1. The van der Waals surface area contributed by atoms with Crippen molar-refractivity contribution in [1.29, 1.82) is 0 Å². The zero-order chi connectivity index (χ0) is 17.7. The van der Waals surface area contributed by atoms with Gasteiger partial charge in [-0.2, -0.15) is 0 Å². The van der Waals surface area contributed by atoms with Crippen LogP contribution in [0.1, 0.15) is 31.0 Å². The van der Waals surface area contributed by atoms with Gasteiger partial charge in [0.15, 0.2) is 0 Å². The molecule has 2 aromatic rings. The molecule has 1 aromatic carbocycles. The summed E-state index contributed by atoms with van der Waals surface area (Å²) < 4.78 is 13.0. The molecule has 4 nitrogen and oxygen atoms in total. The van der Waals surface area contributed by atoms with Gasteiger partial charge in [-0.3, -0.25) is 9.88 Å². The number of pyridine rings is 1. The smallest absolute Gasteiger partial charge is 0.123 e. The highest BCUT2D eigenvalue weighted by atomic mass is 19.1. The molecule has 1 aliphatic heterocycles.